The number of hydrogen-bond acceptors (Lipinski definition) is 6. The van der Waals surface area contributed by atoms with Gasteiger partial charge in [-0.15, -0.1) is 0 Å². The summed E-state index contributed by atoms with van der Waals surface area (Å²) in [6.07, 6.45) is 84.6. The zero-order valence-corrected chi connectivity index (χ0v) is 51.5. The zero-order valence-electron chi connectivity index (χ0n) is 51.5. The number of esters is 3. The van der Waals surface area contributed by atoms with Gasteiger partial charge in [0.05, 0.1) is 0 Å². The number of rotatable bonds is 62. The van der Waals surface area contributed by atoms with Crippen molar-refractivity contribution in [3.63, 3.8) is 0 Å². The van der Waals surface area contributed by atoms with Gasteiger partial charge in [0.25, 0.3) is 0 Å². The van der Waals surface area contributed by atoms with Crippen LogP contribution < -0.4 is 0 Å². The first kappa shape index (κ1) is 74.1. The van der Waals surface area contributed by atoms with Crippen LogP contribution in [0.2, 0.25) is 0 Å². The first-order valence-electron chi connectivity index (χ1n) is 33.8. The maximum atomic E-state index is 12.8. The number of carbonyl (C=O) groups excluding carboxylic acids is 3. The molecule has 77 heavy (non-hydrogen) atoms. The van der Waals surface area contributed by atoms with Gasteiger partial charge in [0.1, 0.15) is 13.2 Å². The predicted molar refractivity (Wildman–Crippen MR) is 335 cm³/mol. The van der Waals surface area contributed by atoms with E-state index in [1.165, 1.54) is 212 Å². The molecule has 0 aliphatic carbocycles. The van der Waals surface area contributed by atoms with Crippen molar-refractivity contribution >= 4 is 17.9 Å². The third-order valence-electron chi connectivity index (χ3n) is 15.0. The molecule has 0 saturated heterocycles. The second-order valence-corrected chi connectivity index (χ2v) is 22.7. The summed E-state index contributed by atoms with van der Waals surface area (Å²) >= 11 is 0. The van der Waals surface area contributed by atoms with E-state index >= 15 is 0 Å². The molecular weight excluding hydrogens is 949 g/mol. The van der Waals surface area contributed by atoms with Crippen LogP contribution in [0.15, 0.2) is 60.8 Å². The highest BCUT2D eigenvalue weighted by Gasteiger charge is 2.19. The number of carbonyl (C=O) groups is 3. The van der Waals surface area contributed by atoms with Gasteiger partial charge in [-0.05, 0) is 83.5 Å². The van der Waals surface area contributed by atoms with Gasteiger partial charge in [-0.25, -0.2) is 0 Å². The highest BCUT2D eigenvalue weighted by Crippen LogP contribution is 2.18. The van der Waals surface area contributed by atoms with E-state index in [0.29, 0.717) is 19.3 Å². The maximum absolute atomic E-state index is 12.8. The fourth-order valence-corrected chi connectivity index (χ4v) is 9.96. The van der Waals surface area contributed by atoms with Crippen LogP contribution in [-0.2, 0) is 28.6 Å². The number of unbranched alkanes of at least 4 members (excludes halogenated alkanes) is 41. The largest absolute Gasteiger partial charge is 0.462 e. The molecule has 0 aromatic carbocycles. The molecule has 0 aromatic rings. The SMILES string of the molecule is CC/C=C\C/C=C\C/C=C\C/C=C\CCCCCCCCC(=O)OC(COC(=O)CCCCCCC)COC(=O)CCCCCCCCCCCCCCCCCCCCCCCCC/C=C\CCCCCCCCCC. The van der Waals surface area contributed by atoms with Crippen LogP contribution in [0.1, 0.15) is 355 Å². The van der Waals surface area contributed by atoms with Crippen molar-refractivity contribution in [2.45, 2.75) is 361 Å². The normalized spacial score (nSPS) is 12.4. The maximum Gasteiger partial charge on any atom is 0.306 e. The Morgan fingerprint density at radius 1 is 0.273 bits per heavy atom. The third-order valence-corrected chi connectivity index (χ3v) is 15.0. The predicted octanol–water partition coefficient (Wildman–Crippen LogP) is 23.1. The van der Waals surface area contributed by atoms with Gasteiger partial charge in [-0.1, -0.05) is 313 Å². The molecule has 0 aliphatic rings. The van der Waals surface area contributed by atoms with Crippen LogP contribution in [0.25, 0.3) is 0 Å². The van der Waals surface area contributed by atoms with Crippen molar-refractivity contribution in [2.75, 3.05) is 13.2 Å². The molecule has 0 amide bonds. The molecule has 1 unspecified atom stereocenters. The van der Waals surface area contributed by atoms with Crippen molar-refractivity contribution in [3.8, 4) is 0 Å². The Labute approximate surface area is 479 Å². The van der Waals surface area contributed by atoms with Crippen LogP contribution in [-0.4, -0.2) is 37.2 Å². The van der Waals surface area contributed by atoms with Gasteiger partial charge in [-0.3, -0.25) is 14.4 Å². The van der Waals surface area contributed by atoms with Gasteiger partial charge in [0.15, 0.2) is 6.10 Å². The van der Waals surface area contributed by atoms with E-state index in [0.717, 1.165) is 103 Å². The molecular formula is C71H128O6. The Balaban J connectivity index is 3.89. The average Bonchev–Trinajstić information content (AvgIpc) is 3.43. The Bertz CT molecular complexity index is 1380. The lowest BCUT2D eigenvalue weighted by molar-refractivity contribution is -0.167. The third kappa shape index (κ3) is 63.8. The van der Waals surface area contributed by atoms with Gasteiger partial charge >= 0.3 is 17.9 Å². The molecule has 1 atom stereocenters. The molecule has 6 heteroatoms. The van der Waals surface area contributed by atoms with Crippen LogP contribution in [0.5, 0.6) is 0 Å². The summed E-state index contributed by atoms with van der Waals surface area (Å²) in [5.41, 5.74) is 0. The van der Waals surface area contributed by atoms with Crippen LogP contribution >= 0.6 is 0 Å². The summed E-state index contributed by atoms with van der Waals surface area (Å²) in [5.74, 6) is -0.891. The molecule has 0 aliphatic heterocycles. The number of hydrogen-bond donors (Lipinski definition) is 0. The minimum atomic E-state index is -0.777. The van der Waals surface area contributed by atoms with Crippen molar-refractivity contribution in [1.82, 2.24) is 0 Å². The fourth-order valence-electron chi connectivity index (χ4n) is 9.96. The molecule has 448 valence electrons. The topological polar surface area (TPSA) is 78.9 Å². The van der Waals surface area contributed by atoms with E-state index in [-0.39, 0.29) is 31.1 Å². The fraction of sp³-hybridized carbons (Fsp3) is 0.817. The molecule has 0 bridgehead atoms. The van der Waals surface area contributed by atoms with E-state index in [1.54, 1.807) is 0 Å². The summed E-state index contributed by atoms with van der Waals surface area (Å²) in [6.45, 7) is 6.47. The smallest absolute Gasteiger partial charge is 0.306 e. The highest BCUT2D eigenvalue weighted by atomic mass is 16.6. The standard InChI is InChI=1S/C71H128O6/c1-4-7-10-13-15-17-19-21-23-25-27-28-29-30-31-32-33-34-35-36-37-38-39-40-41-42-44-45-47-49-51-53-55-58-61-64-70(73)76-67-68(66-75-69(72)63-60-57-12-9-6-3)77-71(74)65-62-59-56-54-52-50-48-46-43-26-24-22-20-18-16-14-11-8-5-2/h8,11,16,18,22,24-25,27,43,46,68H,4-7,9-10,12-15,17,19-21,23,26,28-42,44-45,47-67H2,1-3H3/b11-8-,18-16-,24-22-,27-25-,46-43-. The van der Waals surface area contributed by atoms with E-state index < -0.39 is 6.10 Å². The summed E-state index contributed by atoms with van der Waals surface area (Å²) in [5, 5.41) is 0. The summed E-state index contributed by atoms with van der Waals surface area (Å²) in [6, 6.07) is 0. The lowest BCUT2D eigenvalue weighted by Crippen LogP contribution is -2.30. The quantitative estimate of drug-likeness (QED) is 0.0261. The van der Waals surface area contributed by atoms with Gasteiger partial charge in [0.2, 0.25) is 0 Å². The van der Waals surface area contributed by atoms with Crippen molar-refractivity contribution in [1.29, 1.82) is 0 Å². The van der Waals surface area contributed by atoms with Gasteiger partial charge in [-0.2, -0.15) is 0 Å². The minimum Gasteiger partial charge on any atom is -0.462 e. The zero-order chi connectivity index (χ0) is 55.7. The lowest BCUT2D eigenvalue weighted by Gasteiger charge is -2.18. The van der Waals surface area contributed by atoms with Crippen molar-refractivity contribution < 1.29 is 28.6 Å². The Kier molecular flexibility index (Phi) is 63.2. The first-order valence-corrected chi connectivity index (χ1v) is 33.8. The average molecular weight is 1080 g/mol. The van der Waals surface area contributed by atoms with Crippen molar-refractivity contribution in [2.24, 2.45) is 0 Å². The van der Waals surface area contributed by atoms with Gasteiger partial charge < -0.3 is 14.2 Å². The van der Waals surface area contributed by atoms with E-state index in [2.05, 4.69) is 81.5 Å². The molecule has 0 N–H and O–H groups in total. The Morgan fingerprint density at radius 3 is 0.805 bits per heavy atom. The molecule has 0 heterocycles. The second kappa shape index (κ2) is 65.6. The Morgan fingerprint density at radius 2 is 0.506 bits per heavy atom. The summed E-state index contributed by atoms with van der Waals surface area (Å²) in [7, 11) is 0. The molecule has 0 fully saturated rings. The van der Waals surface area contributed by atoms with E-state index in [1.807, 2.05) is 0 Å². The summed E-state index contributed by atoms with van der Waals surface area (Å²) in [4.78, 5) is 37.9. The van der Waals surface area contributed by atoms with Crippen molar-refractivity contribution in [3.05, 3.63) is 60.8 Å². The first-order chi connectivity index (χ1) is 38.0. The van der Waals surface area contributed by atoms with Crippen LogP contribution in [0, 0.1) is 0 Å². The molecule has 0 saturated carbocycles. The lowest BCUT2D eigenvalue weighted by atomic mass is 10.0. The number of allylic oxidation sites excluding steroid dienone is 10. The monoisotopic (exact) mass is 1080 g/mol. The number of ether oxygens (including phenoxy) is 3. The summed E-state index contributed by atoms with van der Waals surface area (Å²) < 4.78 is 16.8. The van der Waals surface area contributed by atoms with E-state index in [9.17, 15) is 14.4 Å². The molecule has 6 nitrogen and oxygen atoms in total. The van der Waals surface area contributed by atoms with Crippen LogP contribution in [0.4, 0.5) is 0 Å². The second-order valence-electron chi connectivity index (χ2n) is 22.7. The molecule has 0 rings (SSSR count). The Hall–Kier alpha value is -2.89. The van der Waals surface area contributed by atoms with E-state index in [4.69, 9.17) is 14.2 Å². The molecule has 0 spiro atoms. The van der Waals surface area contributed by atoms with Gasteiger partial charge in [0, 0.05) is 19.3 Å². The molecule has 0 aromatic heterocycles. The van der Waals surface area contributed by atoms with Crippen LogP contribution in [0.3, 0.4) is 0 Å². The minimum absolute atomic E-state index is 0.0772. The molecule has 0 radical (unpaired) electrons. The highest BCUT2D eigenvalue weighted by molar-refractivity contribution is 5.71.